The van der Waals surface area contributed by atoms with Gasteiger partial charge in [0, 0.05) is 13.1 Å². The number of piperidine rings is 1. The van der Waals surface area contributed by atoms with Crippen LogP contribution in [0.2, 0.25) is 0 Å². The number of aryl methyl sites for hydroxylation is 1. The lowest BCUT2D eigenvalue weighted by Crippen LogP contribution is -2.33. The van der Waals surface area contributed by atoms with E-state index in [2.05, 4.69) is 28.0 Å². The summed E-state index contributed by atoms with van der Waals surface area (Å²) in [6.45, 7) is 8.39. The molecule has 2 saturated heterocycles. The lowest BCUT2D eigenvalue weighted by atomic mass is 9.96. The zero-order valence-electron chi connectivity index (χ0n) is 16.4. The van der Waals surface area contributed by atoms with Gasteiger partial charge < -0.3 is 9.64 Å². The second kappa shape index (κ2) is 9.23. The largest absolute Gasteiger partial charge is 0.492 e. The van der Waals surface area contributed by atoms with Crippen molar-refractivity contribution in [2.45, 2.75) is 57.8 Å². The maximum Gasteiger partial charge on any atom is 0.119 e. The van der Waals surface area contributed by atoms with Gasteiger partial charge in [-0.05, 0) is 107 Å². The van der Waals surface area contributed by atoms with E-state index in [9.17, 15) is 0 Å². The van der Waals surface area contributed by atoms with Crippen molar-refractivity contribution in [3.8, 4) is 5.75 Å². The zero-order chi connectivity index (χ0) is 17.6. The number of benzene rings is 1. The molecule has 1 aliphatic carbocycles. The van der Waals surface area contributed by atoms with Crippen LogP contribution in [0.3, 0.4) is 0 Å². The SMILES string of the molecule is c1cc2c(cc1OCCN1CCCCC1)CCCC(CN1CCCC1)C2. The third-order valence-electron chi connectivity index (χ3n) is 6.58. The average Bonchev–Trinajstić information content (AvgIpc) is 3.09. The molecule has 26 heavy (non-hydrogen) atoms. The zero-order valence-corrected chi connectivity index (χ0v) is 16.4. The molecule has 1 atom stereocenters. The number of likely N-dealkylation sites (tertiary alicyclic amines) is 2. The van der Waals surface area contributed by atoms with Crippen LogP contribution in [0.25, 0.3) is 0 Å². The standard InChI is InChI=1S/C23H36N2O/c1-2-11-24(12-3-1)15-16-26-23-10-9-22-17-20(7-6-8-21(22)18-23)19-25-13-4-5-14-25/h9-10,18,20H,1-8,11-17,19H2. The van der Waals surface area contributed by atoms with Crippen molar-refractivity contribution in [3.05, 3.63) is 29.3 Å². The second-order valence-corrected chi connectivity index (χ2v) is 8.65. The molecule has 3 aliphatic rings. The first-order valence-electron chi connectivity index (χ1n) is 11.1. The van der Waals surface area contributed by atoms with Crippen molar-refractivity contribution in [2.75, 3.05) is 45.9 Å². The maximum atomic E-state index is 6.10. The first-order chi connectivity index (χ1) is 12.9. The van der Waals surface area contributed by atoms with Crippen molar-refractivity contribution in [3.63, 3.8) is 0 Å². The maximum absolute atomic E-state index is 6.10. The van der Waals surface area contributed by atoms with E-state index >= 15 is 0 Å². The summed E-state index contributed by atoms with van der Waals surface area (Å²) < 4.78 is 6.10. The monoisotopic (exact) mass is 356 g/mol. The fraction of sp³-hybridized carbons (Fsp3) is 0.739. The number of hydrogen-bond acceptors (Lipinski definition) is 3. The van der Waals surface area contributed by atoms with E-state index in [1.807, 2.05) is 0 Å². The molecule has 0 radical (unpaired) electrons. The highest BCUT2D eigenvalue weighted by Crippen LogP contribution is 2.29. The van der Waals surface area contributed by atoms with E-state index in [0.717, 1.165) is 24.8 Å². The molecule has 1 aromatic carbocycles. The van der Waals surface area contributed by atoms with Crippen LogP contribution in [0.4, 0.5) is 0 Å². The third kappa shape index (κ3) is 5.01. The minimum atomic E-state index is 0.830. The van der Waals surface area contributed by atoms with E-state index < -0.39 is 0 Å². The van der Waals surface area contributed by atoms with Gasteiger partial charge in [0.25, 0.3) is 0 Å². The quantitative estimate of drug-likeness (QED) is 0.713. The van der Waals surface area contributed by atoms with E-state index in [4.69, 9.17) is 4.74 Å². The van der Waals surface area contributed by atoms with Gasteiger partial charge in [0.15, 0.2) is 0 Å². The Hall–Kier alpha value is -1.06. The summed E-state index contributed by atoms with van der Waals surface area (Å²) >= 11 is 0. The highest BCUT2D eigenvalue weighted by atomic mass is 16.5. The first kappa shape index (κ1) is 18.3. The molecule has 2 aliphatic heterocycles. The van der Waals surface area contributed by atoms with E-state index in [1.165, 1.54) is 90.5 Å². The molecule has 0 aromatic heterocycles. The van der Waals surface area contributed by atoms with Gasteiger partial charge in [-0.3, -0.25) is 4.90 Å². The van der Waals surface area contributed by atoms with Gasteiger partial charge in [-0.25, -0.2) is 0 Å². The topological polar surface area (TPSA) is 15.7 Å². The molecule has 2 heterocycles. The van der Waals surface area contributed by atoms with Crippen LogP contribution < -0.4 is 4.74 Å². The summed E-state index contributed by atoms with van der Waals surface area (Å²) in [5, 5.41) is 0. The molecule has 2 fully saturated rings. The van der Waals surface area contributed by atoms with E-state index in [-0.39, 0.29) is 0 Å². The summed E-state index contributed by atoms with van der Waals surface area (Å²) in [6.07, 6.45) is 12.1. The number of rotatable bonds is 6. The minimum Gasteiger partial charge on any atom is -0.492 e. The smallest absolute Gasteiger partial charge is 0.119 e. The number of ether oxygens (including phenoxy) is 1. The predicted octanol–water partition coefficient (Wildman–Crippen LogP) is 4.14. The highest BCUT2D eigenvalue weighted by Gasteiger charge is 2.21. The van der Waals surface area contributed by atoms with Gasteiger partial charge >= 0.3 is 0 Å². The summed E-state index contributed by atoms with van der Waals surface area (Å²) in [7, 11) is 0. The minimum absolute atomic E-state index is 0.830. The van der Waals surface area contributed by atoms with Crippen LogP contribution in [0.1, 0.15) is 56.1 Å². The fourth-order valence-corrected chi connectivity index (χ4v) is 5.08. The summed E-state index contributed by atoms with van der Waals surface area (Å²) in [6, 6.07) is 6.91. The predicted molar refractivity (Wildman–Crippen MR) is 108 cm³/mol. The van der Waals surface area contributed by atoms with Crippen molar-refractivity contribution < 1.29 is 4.74 Å². The van der Waals surface area contributed by atoms with Crippen LogP contribution in [0.15, 0.2) is 18.2 Å². The van der Waals surface area contributed by atoms with Crippen molar-refractivity contribution in [1.29, 1.82) is 0 Å². The molecular weight excluding hydrogens is 320 g/mol. The van der Waals surface area contributed by atoms with Crippen molar-refractivity contribution in [2.24, 2.45) is 5.92 Å². The molecule has 4 rings (SSSR count). The molecule has 3 nitrogen and oxygen atoms in total. The lowest BCUT2D eigenvalue weighted by Gasteiger charge is -2.26. The number of fused-ring (bicyclic) bond motifs is 1. The Morgan fingerprint density at radius 1 is 0.846 bits per heavy atom. The van der Waals surface area contributed by atoms with Crippen LogP contribution in [-0.2, 0) is 12.8 Å². The Kier molecular flexibility index (Phi) is 6.50. The van der Waals surface area contributed by atoms with Crippen LogP contribution in [0.5, 0.6) is 5.75 Å². The molecule has 0 amide bonds. The Balaban J connectivity index is 1.29. The Labute approximate surface area is 159 Å². The summed E-state index contributed by atoms with van der Waals surface area (Å²) in [5.74, 6) is 1.93. The van der Waals surface area contributed by atoms with Gasteiger partial charge in [0.1, 0.15) is 12.4 Å². The van der Waals surface area contributed by atoms with Gasteiger partial charge in [0.05, 0.1) is 0 Å². The first-order valence-corrected chi connectivity index (χ1v) is 11.1. The van der Waals surface area contributed by atoms with Gasteiger partial charge in [-0.2, -0.15) is 0 Å². The van der Waals surface area contributed by atoms with Crippen LogP contribution in [-0.4, -0.2) is 55.7 Å². The van der Waals surface area contributed by atoms with Crippen LogP contribution in [0, 0.1) is 5.92 Å². The number of hydrogen-bond donors (Lipinski definition) is 0. The fourth-order valence-electron chi connectivity index (χ4n) is 5.08. The molecule has 1 unspecified atom stereocenters. The van der Waals surface area contributed by atoms with Crippen molar-refractivity contribution in [1.82, 2.24) is 9.80 Å². The Morgan fingerprint density at radius 2 is 1.62 bits per heavy atom. The Bertz CT molecular complexity index is 561. The summed E-state index contributed by atoms with van der Waals surface area (Å²) in [5.41, 5.74) is 3.12. The lowest BCUT2D eigenvalue weighted by molar-refractivity contribution is 0.183. The van der Waals surface area contributed by atoms with E-state index in [1.54, 1.807) is 11.1 Å². The molecule has 144 valence electrons. The third-order valence-corrected chi connectivity index (χ3v) is 6.58. The van der Waals surface area contributed by atoms with Gasteiger partial charge in [-0.15, -0.1) is 0 Å². The average molecular weight is 357 g/mol. The molecule has 0 bridgehead atoms. The molecule has 1 aromatic rings. The van der Waals surface area contributed by atoms with E-state index in [0.29, 0.717) is 0 Å². The van der Waals surface area contributed by atoms with Crippen molar-refractivity contribution >= 4 is 0 Å². The number of nitrogens with zero attached hydrogens (tertiary/aromatic N) is 2. The molecular formula is C23H36N2O. The molecule has 0 N–H and O–H groups in total. The summed E-state index contributed by atoms with van der Waals surface area (Å²) in [4.78, 5) is 5.24. The Morgan fingerprint density at radius 3 is 2.46 bits per heavy atom. The molecule has 3 heteroatoms. The molecule has 0 spiro atoms. The molecule has 0 saturated carbocycles. The second-order valence-electron chi connectivity index (χ2n) is 8.65. The van der Waals surface area contributed by atoms with Gasteiger partial charge in [-0.1, -0.05) is 12.5 Å². The van der Waals surface area contributed by atoms with Gasteiger partial charge in [0.2, 0.25) is 0 Å². The normalized spacial score (nSPS) is 25.0. The van der Waals surface area contributed by atoms with Crippen LogP contribution >= 0.6 is 0 Å². The highest BCUT2D eigenvalue weighted by molar-refractivity contribution is 5.36.